The van der Waals surface area contributed by atoms with E-state index in [4.69, 9.17) is 0 Å². The molecule has 0 bridgehead atoms. The Morgan fingerprint density at radius 3 is 2.24 bits per heavy atom. The van der Waals surface area contributed by atoms with Gasteiger partial charge in [0.1, 0.15) is 0 Å². The third-order valence-electron chi connectivity index (χ3n) is 3.76. The second kappa shape index (κ2) is 7.09. The quantitative estimate of drug-likeness (QED) is 0.759. The molecule has 2 heterocycles. The molecule has 0 aliphatic heterocycles. The molecule has 1 aromatic carbocycles. The third kappa shape index (κ3) is 3.98. The Hall–Kier alpha value is -3.28. The Balaban J connectivity index is 1.72. The van der Waals surface area contributed by atoms with Crippen LogP contribution < -0.4 is 10.6 Å². The van der Waals surface area contributed by atoms with E-state index >= 15 is 0 Å². The summed E-state index contributed by atoms with van der Waals surface area (Å²) in [6, 6.07) is 11.1. The normalized spacial score (nSPS) is 10.4. The maximum absolute atomic E-state index is 12.1. The van der Waals surface area contributed by atoms with Crippen molar-refractivity contribution in [3.63, 3.8) is 0 Å². The van der Waals surface area contributed by atoms with Crippen LogP contribution in [-0.2, 0) is 0 Å². The molecule has 2 aromatic heterocycles. The molecule has 3 aromatic rings. The number of aryl methyl sites for hydroxylation is 3. The standard InChI is InChI=1S/C19H19N5O/c1-12-9-13(2)18(14(3)10-12)21-16-6-7-17(24-23-16)22-19(25)15-5-4-8-20-11-15/h4-11H,1-3H3,(H,21,23)(H,22,24,25). The van der Waals surface area contributed by atoms with Gasteiger partial charge in [0.2, 0.25) is 0 Å². The van der Waals surface area contributed by atoms with E-state index in [0.717, 1.165) is 16.8 Å². The molecule has 6 heteroatoms. The first-order chi connectivity index (χ1) is 12.0. The van der Waals surface area contributed by atoms with Crippen LogP contribution in [0.2, 0.25) is 0 Å². The molecule has 3 rings (SSSR count). The molecule has 25 heavy (non-hydrogen) atoms. The Morgan fingerprint density at radius 2 is 1.64 bits per heavy atom. The summed E-state index contributed by atoms with van der Waals surface area (Å²) in [5.41, 5.74) is 5.01. The number of carbonyl (C=O) groups is 1. The zero-order valence-corrected chi connectivity index (χ0v) is 14.4. The topological polar surface area (TPSA) is 79.8 Å². The summed E-state index contributed by atoms with van der Waals surface area (Å²) >= 11 is 0. The van der Waals surface area contributed by atoms with Gasteiger partial charge in [0.25, 0.3) is 5.91 Å². The van der Waals surface area contributed by atoms with Crippen molar-refractivity contribution in [3.05, 3.63) is 71.0 Å². The lowest BCUT2D eigenvalue weighted by Gasteiger charge is -2.13. The Kier molecular flexibility index (Phi) is 4.70. The molecule has 0 saturated heterocycles. The minimum absolute atomic E-state index is 0.270. The van der Waals surface area contributed by atoms with Gasteiger partial charge in [-0.2, -0.15) is 0 Å². The van der Waals surface area contributed by atoms with Crippen LogP contribution >= 0.6 is 0 Å². The molecular formula is C19H19N5O. The van der Waals surface area contributed by atoms with Gasteiger partial charge in [-0.15, -0.1) is 10.2 Å². The Morgan fingerprint density at radius 1 is 0.960 bits per heavy atom. The number of nitrogens with one attached hydrogen (secondary N) is 2. The van der Waals surface area contributed by atoms with Crippen LogP contribution in [0.3, 0.4) is 0 Å². The van der Waals surface area contributed by atoms with Gasteiger partial charge in [0.15, 0.2) is 11.6 Å². The average Bonchev–Trinajstić information content (AvgIpc) is 2.60. The fourth-order valence-corrected chi connectivity index (χ4v) is 2.66. The summed E-state index contributed by atoms with van der Waals surface area (Å²) in [6.07, 6.45) is 3.12. The highest BCUT2D eigenvalue weighted by Gasteiger charge is 2.08. The van der Waals surface area contributed by atoms with Crippen LogP contribution in [0.25, 0.3) is 0 Å². The lowest BCUT2D eigenvalue weighted by Crippen LogP contribution is -2.13. The summed E-state index contributed by atoms with van der Waals surface area (Å²) < 4.78 is 0. The first-order valence-electron chi connectivity index (χ1n) is 7.93. The number of nitrogens with zero attached hydrogens (tertiary/aromatic N) is 3. The number of hydrogen-bond donors (Lipinski definition) is 2. The zero-order chi connectivity index (χ0) is 17.8. The van der Waals surface area contributed by atoms with Gasteiger partial charge in [0.05, 0.1) is 5.56 Å². The fraction of sp³-hybridized carbons (Fsp3) is 0.158. The first kappa shape index (κ1) is 16.6. The molecule has 2 N–H and O–H groups in total. The summed E-state index contributed by atoms with van der Waals surface area (Å²) in [4.78, 5) is 16.0. The molecule has 126 valence electrons. The van der Waals surface area contributed by atoms with Crippen molar-refractivity contribution in [2.24, 2.45) is 0 Å². The maximum atomic E-state index is 12.1. The van der Waals surface area contributed by atoms with Crippen LogP contribution in [-0.4, -0.2) is 21.1 Å². The Labute approximate surface area is 146 Å². The van der Waals surface area contributed by atoms with E-state index in [1.807, 2.05) is 0 Å². The van der Waals surface area contributed by atoms with E-state index in [-0.39, 0.29) is 5.91 Å². The van der Waals surface area contributed by atoms with Crippen molar-refractivity contribution >= 4 is 23.2 Å². The second-order valence-electron chi connectivity index (χ2n) is 5.90. The van der Waals surface area contributed by atoms with Crippen molar-refractivity contribution in [1.82, 2.24) is 15.2 Å². The highest BCUT2D eigenvalue weighted by atomic mass is 16.1. The Bertz CT molecular complexity index is 868. The van der Waals surface area contributed by atoms with Crippen LogP contribution in [0.1, 0.15) is 27.0 Å². The molecule has 1 amide bonds. The summed E-state index contributed by atoms with van der Waals surface area (Å²) in [7, 11) is 0. The number of carbonyl (C=O) groups excluding carboxylic acids is 1. The summed E-state index contributed by atoms with van der Waals surface area (Å²) in [6.45, 7) is 6.18. The molecule has 6 nitrogen and oxygen atoms in total. The average molecular weight is 333 g/mol. The number of benzene rings is 1. The van der Waals surface area contributed by atoms with Gasteiger partial charge in [-0.05, 0) is 56.2 Å². The molecule has 0 spiro atoms. The highest BCUT2D eigenvalue weighted by molar-refractivity contribution is 6.03. The fourth-order valence-electron chi connectivity index (χ4n) is 2.66. The van der Waals surface area contributed by atoms with Crippen LogP contribution in [0.5, 0.6) is 0 Å². The van der Waals surface area contributed by atoms with Crippen molar-refractivity contribution in [1.29, 1.82) is 0 Å². The minimum atomic E-state index is -0.270. The van der Waals surface area contributed by atoms with Crippen molar-refractivity contribution in [2.75, 3.05) is 10.6 Å². The number of aromatic nitrogens is 3. The van der Waals surface area contributed by atoms with Crippen molar-refractivity contribution < 1.29 is 4.79 Å². The van der Waals surface area contributed by atoms with E-state index in [1.165, 1.54) is 11.8 Å². The summed E-state index contributed by atoms with van der Waals surface area (Å²) in [5, 5.41) is 14.2. The lowest BCUT2D eigenvalue weighted by atomic mass is 10.1. The van der Waals surface area contributed by atoms with Crippen molar-refractivity contribution in [3.8, 4) is 0 Å². The van der Waals surface area contributed by atoms with Gasteiger partial charge in [-0.25, -0.2) is 0 Å². The van der Waals surface area contributed by atoms with Crippen LogP contribution in [0.15, 0.2) is 48.8 Å². The van der Waals surface area contributed by atoms with Gasteiger partial charge in [-0.1, -0.05) is 17.7 Å². The van der Waals surface area contributed by atoms with Gasteiger partial charge >= 0.3 is 0 Å². The van der Waals surface area contributed by atoms with Crippen LogP contribution in [0.4, 0.5) is 17.3 Å². The lowest BCUT2D eigenvalue weighted by molar-refractivity contribution is 0.102. The van der Waals surface area contributed by atoms with E-state index < -0.39 is 0 Å². The van der Waals surface area contributed by atoms with Gasteiger partial charge in [0, 0.05) is 18.1 Å². The van der Waals surface area contributed by atoms with E-state index in [1.54, 1.807) is 30.5 Å². The second-order valence-corrected chi connectivity index (χ2v) is 5.90. The molecule has 0 saturated carbocycles. The molecular weight excluding hydrogens is 314 g/mol. The number of pyridine rings is 1. The molecule has 0 radical (unpaired) electrons. The number of hydrogen-bond acceptors (Lipinski definition) is 5. The monoisotopic (exact) mass is 333 g/mol. The van der Waals surface area contributed by atoms with E-state index in [9.17, 15) is 4.79 Å². The number of amides is 1. The van der Waals surface area contributed by atoms with Crippen molar-refractivity contribution in [2.45, 2.75) is 20.8 Å². The van der Waals surface area contributed by atoms with Crippen LogP contribution in [0, 0.1) is 20.8 Å². The highest BCUT2D eigenvalue weighted by Crippen LogP contribution is 2.25. The molecule has 0 aliphatic rings. The van der Waals surface area contributed by atoms with Gasteiger partial charge in [-0.3, -0.25) is 9.78 Å². The molecule has 0 fully saturated rings. The van der Waals surface area contributed by atoms with Gasteiger partial charge < -0.3 is 10.6 Å². The largest absolute Gasteiger partial charge is 0.338 e. The van der Waals surface area contributed by atoms with E-state index in [2.05, 4.69) is 58.7 Å². The summed E-state index contributed by atoms with van der Waals surface area (Å²) in [5.74, 6) is 0.736. The molecule has 0 aliphatic carbocycles. The third-order valence-corrected chi connectivity index (χ3v) is 3.76. The smallest absolute Gasteiger partial charge is 0.258 e. The minimum Gasteiger partial charge on any atom is -0.338 e. The predicted molar refractivity (Wildman–Crippen MR) is 98.2 cm³/mol. The zero-order valence-electron chi connectivity index (χ0n) is 14.4. The predicted octanol–water partition coefficient (Wildman–Crippen LogP) is 3.79. The van der Waals surface area contributed by atoms with E-state index in [0.29, 0.717) is 17.2 Å². The maximum Gasteiger partial charge on any atom is 0.258 e. The SMILES string of the molecule is Cc1cc(C)c(Nc2ccc(NC(=O)c3cccnc3)nn2)c(C)c1. The number of anilines is 3. The molecule has 0 atom stereocenters. The molecule has 0 unspecified atom stereocenters. The first-order valence-corrected chi connectivity index (χ1v) is 7.93. The number of rotatable bonds is 4.